The summed E-state index contributed by atoms with van der Waals surface area (Å²) in [5.74, 6) is 0. The number of piperidine rings is 1. The maximum absolute atomic E-state index is 5.95. The van der Waals surface area contributed by atoms with E-state index in [0.717, 1.165) is 0 Å². The fraction of sp³-hybridized carbons (Fsp3) is 0.625. The minimum Gasteiger partial charge on any atom is -0.368 e. The Morgan fingerprint density at radius 3 is 2.84 bits per heavy atom. The van der Waals surface area contributed by atoms with Crippen molar-refractivity contribution >= 4 is 21.6 Å². The molecule has 19 heavy (non-hydrogen) atoms. The minimum absolute atomic E-state index is 0.0955. The molecule has 1 aliphatic rings. The van der Waals surface area contributed by atoms with Gasteiger partial charge in [-0.1, -0.05) is 19.4 Å². The standard InChI is InChI=1S/C16H25BrN2/c1-3-6-14-7-4-5-10-19(14)16-9-8-13(12(2)18)11-15(16)17/h8-9,11-12,14H,3-7,10,18H2,1-2H3/t12-,14?/m1/s1. The van der Waals surface area contributed by atoms with Crippen molar-refractivity contribution in [3.8, 4) is 0 Å². The molecule has 1 aromatic rings. The van der Waals surface area contributed by atoms with E-state index in [2.05, 4.69) is 46.0 Å². The number of rotatable bonds is 4. The van der Waals surface area contributed by atoms with Gasteiger partial charge >= 0.3 is 0 Å². The Bertz CT molecular complexity index is 415. The third kappa shape index (κ3) is 3.51. The average molecular weight is 325 g/mol. The van der Waals surface area contributed by atoms with E-state index in [1.165, 1.54) is 54.4 Å². The second-order valence-electron chi connectivity index (χ2n) is 5.63. The maximum Gasteiger partial charge on any atom is 0.0513 e. The van der Waals surface area contributed by atoms with E-state index in [4.69, 9.17) is 5.73 Å². The van der Waals surface area contributed by atoms with Crippen molar-refractivity contribution in [2.75, 3.05) is 11.4 Å². The summed E-state index contributed by atoms with van der Waals surface area (Å²) in [4.78, 5) is 2.59. The lowest BCUT2D eigenvalue weighted by Gasteiger charge is -2.38. The monoisotopic (exact) mass is 324 g/mol. The number of hydrogen-bond acceptors (Lipinski definition) is 2. The molecule has 0 aliphatic carbocycles. The zero-order valence-electron chi connectivity index (χ0n) is 12.0. The summed E-state index contributed by atoms with van der Waals surface area (Å²) in [5, 5.41) is 0. The highest BCUT2D eigenvalue weighted by molar-refractivity contribution is 9.10. The number of nitrogens with two attached hydrogens (primary N) is 1. The molecule has 0 bridgehead atoms. The topological polar surface area (TPSA) is 29.3 Å². The largest absolute Gasteiger partial charge is 0.368 e. The van der Waals surface area contributed by atoms with E-state index in [-0.39, 0.29) is 6.04 Å². The number of anilines is 1. The van der Waals surface area contributed by atoms with Gasteiger partial charge < -0.3 is 10.6 Å². The van der Waals surface area contributed by atoms with Gasteiger partial charge in [0, 0.05) is 23.1 Å². The molecule has 1 aromatic carbocycles. The highest BCUT2D eigenvalue weighted by Crippen LogP contribution is 2.34. The Balaban J connectivity index is 2.23. The summed E-state index contributed by atoms with van der Waals surface area (Å²) >= 11 is 3.73. The van der Waals surface area contributed by atoms with E-state index >= 15 is 0 Å². The molecule has 0 aromatic heterocycles. The van der Waals surface area contributed by atoms with Gasteiger partial charge in [0.25, 0.3) is 0 Å². The van der Waals surface area contributed by atoms with Crippen LogP contribution in [0, 0.1) is 0 Å². The molecule has 1 unspecified atom stereocenters. The van der Waals surface area contributed by atoms with Gasteiger partial charge in [0.2, 0.25) is 0 Å². The number of nitrogens with zero attached hydrogens (tertiary/aromatic N) is 1. The van der Waals surface area contributed by atoms with E-state index in [9.17, 15) is 0 Å². The first-order chi connectivity index (χ1) is 9.13. The lowest BCUT2D eigenvalue weighted by molar-refractivity contribution is 0.434. The molecule has 2 rings (SSSR count). The molecule has 1 saturated heterocycles. The van der Waals surface area contributed by atoms with Crippen LogP contribution in [-0.2, 0) is 0 Å². The first kappa shape index (κ1) is 14.9. The lowest BCUT2D eigenvalue weighted by Crippen LogP contribution is -2.39. The normalized spacial score (nSPS) is 21.5. The molecule has 2 nitrogen and oxygen atoms in total. The number of halogens is 1. The fourth-order valence-electron chi connectivity index (χ4n) is 2.99. The van der Waals surface area contributed by atoms with E-state index < -0.39 is 0 Å². The molecule has 0 radical (unpaired) electrons. The summed E-state index contributed by atoms with van der Waals surface area (Å²) in [5.41, 5.74) is 8.48. The van der Waals surface area contributed by atoms with Crippen molar-refractivity contribution in [2.45, 2.75) is 58.0 Å². The minimum atomic E-state index is 0.0955. The van der Waals surface area contributed by atoms with Crippen LogP contribution >= 0.6 is 15.9 Å². The third-order valence-electron chi connectivity index (χ3n) is 4.06. The molecule has 0 spiro atoms. The number of benzene rings is 1. The van der Waals surface area contributed by atoms with Crippen molar-refractivity contribution in [1.82, 2.24) is 0 Å². The molecule has 2 N–H and O–H groups in total. The predicted molar refractivity (Wildman–Crippen MR) is 86.6 cm³/mol. The van der Waals surface area contributed by atoms with Gasteiger partial charge in [0.15, 0.2) is 0 Å². The molecule has 2 atom stereocenters. The van der Waals surface area contributed by atoms with Crippen LogP contribution in [0.2, 0.25) is 0 Å². The molecular formula is C16H25BrN2. The summed E-state index contributed by atoms with van der Waals surface area (Å²) in [6.07, 6.45) is 6.56. The summed E-state index contributed by atoms with van der Waals surface area (Å²) in [7, 11) is 0. The van der Waals surface area contributed by atoms with Crippen LogP contribution in [0.3, 0.4) is 0 Å². The Labute approximate surface area is 125 Å². The van der Waals surface area contributed by atoms with Crippen LogP contribution in [0.15, 0.2) is 22.7 Å². The smallest absolute Gasteiger partial charge is 0.0513 e. The van der Waals surface area contributed by atoms with Crippen molar-refractivity contribution in [3.63, 3.8) is 0 Å². The quantitative estimate of drug-likeness (QED) is 0.875. The van der Waals surface area contributed by atoms with Crippen LogP contribution in [-0.4, -0.2) is 12.6 Å². The third-order valence-corrected chi connectivity index (χ3v) is 4.69. The van der Waals surface area contributed by atoms with Crippen LogP contribution < -0.4 is 10.6 Å². The fourth-order valence-corrected chi connectivity index (χ4v) is 3.61. The van der Waals surface area contributed by atoms with E-state index in [1.807, 2.05) is 6.92 Å². The molecular weight excluding hydrogens is 300 g/mol. The molecule has 0 saturated carbocycles. The first-order valence-corrected chi connectivity index (χ1v) is 8.24. The maximum atomic E-state index is 5.95. The van der Waals surface area contributed by atoms with Gasteiger partial charge in [-0.05, 0) is 66.2 Å². The Morgan fingerprint density at radius 2 is 2.21 bits per heavy atom. The molecule has 3 heteroatoms. The van der Waals surface area contributed by atoms with Crippen LogP contribution in [0.25, 0.3) is 0 Å². The Morgan fingerprint density at radius 1 is 1.42 bits per heavy atom. The van der Waals surface area contributed by atoms with Crippen LogP contribution in [0.5, 0.6) is 0 Å². The Kier molecular flexibility index (Phi) is 5.28. The molecule has 1 fully saturated rings. The van der Waals surface area contributed by atoms with Crippen LogP contribution in [0.4, 0.5) is 5.69 Å². The highest BCUT2D eigenvalue weighted by Gasteiger charge is 2.23. The van der Waals surface area contributed by atoms with E-state index in [0.29, 0.717) is 6.04 Å². The predicted octanol–water partition coefficient (Wildman–Crippen LogP) is 4.63. The van der Waals surface area contributed by atoms with E-state index in [1.54, 1.807) is 0 Å². The molecule has 1 heterocycles. The van der Waals surface area contributed by atoms with Crippen LogP contribution in [0.1, 0.15) is 57.6 Å². The molecule has 106 valence electrons. The van der Waals surface area contributed by atoms with Crippen molar-refractivity contribution in [1.29, 1.82) is 0 Å². The molecule has 0 amide bonds. The van der Waals surface area contributed by atoms with Gasteiger partial charge in [-0.25, -0.2) is 0 Å². The van der Waals surface area contributed by atoms with Gasteiger partial charge in [-0.2, -0.15) is 0 Å². The van der Waals surface area contributed by atoms with Crippen molar-refractivity contribution in [2.24, 2.45) is 5.73 Å². The van der Waals surface area contributed by atoms with Crippen molar-refractivity contribution < 1.29 is 0 Å². The van der Waals surface area contributed by atoms with Gasteiger partial charge in [0.1, 0.15) is 0 Å². The van der Waals surface area contributed by atoms with Gasteiger partial charge in [-0.3, -0.25) is 0 Å². The second-order valence-corrected chi connectivity index (χ2v) is 6.49. The average Bonchev–Trinajstić information content (AvgIpc) is 2.40. The first-order valence-electron chi connectivity index (χ1n) is 7.45. The summed E-state index contributed by atoms with van der Waals surface area (Å²) < 4.78 is 1.19. The zero-order valence-corrected chi connectivity index (χ0v) is 13.6. The summed E-state index contributed by atoms with van der Waals surface area (Å²) in [6, 6.07) is 7.38. The molecule has 1 aliphatic heterocycles. The second kappa shape index (κ2) is 6.76. The number of hydrogen-bond donors (Lipinski definition) is 1. The van der Waals surface area contributed by atoms with Gasteiger partial charge in [0.05, 0.1) is 5.69 Å². The summed E-state index contributed by atoms with van der Waals surface area (Å²) in [6.45, 7) is 5.49. The SMILES string of the molecule is CCCC1CCCCN1c1ccc([C@@H](C)N)cc1Br. The zero-order chi connectivity index (χ0) is 13.8. The lowest BCUT2D eigenvalue weighted by atomic mass is 9.97. The highest BCUT2D eigenvalue weighted by atomic mass is 79.9. The van der Waals surface area contributed by atoms with Gasteiger partial charge in [-0.15, -0.1) is 0 Å². The van der Waals surface area contributed by atoms with Crippen molar-refractivity contribution in [3.05, 3.63) is 28.2 Å². The Hall–Kier alpha value is -0.540.